The summed E-state index contributed by atoms with van der Waals surface area (Å²) >= 11 is 13.3. The molecule has 0 saturated heterocycles. The molecule has 0 aliphatic carbocycles. The first kappa shape index (κ1) is 21.3. The van der Waals surface area contributed by atoms with E-state index in [1.165, 1.54) is 11.1 Å². The molecule has 0 saturated carbocycles. The summed E-state index contributed by atoms with van der Waals surface area (Å²) in [4.78, 5) is 18.3. The highest BCUT2D eigenvalue weighted by Gasteiger charge is 2.31. The Morgan fingerprint density at radius 3 is 1.50 bits per heavy atom. The number of anilines is 4. The molecule has 0 amide bonds. The standard InChI is InChI=1S/C29H22Cl2N2O/c1-32-25-9-5-3-7-17(25)15-21-19(11-13-23(30)27(21)32)29(34)20-12-14-24(31)28-22(20)16-18-8-4-6-10-26(18)33(28)2/h3-14H,15-16H2,1-2H3. The third-order valence-corrected chi connectivity index (χ3v) is 7.68. The Hall–Kier alpha value is -3.27. The number of fused-ring (bicyclic) bond motifs is 4. The Bertz CT molecular complexity index is 1380. The van der Waals surface area contributed by atoms with Crippen LogP contribution in [0.4, 0.5) is 22.7 Å². The van der Waals surface area contributed by atoms with E-state index in [0.29, 0.717) is 34.0 Å². The number of carbonyl (C=O) groups is 1. The lowest BCUT2D eigenvalue weighted by atomic mass is 9.85. The lowest BCUT2D eigenvalue weighted by Gasteiger charge is -2.33. The Morgan fingerprint density at radius 1 is 0.647 bits per heavy atom. The molecule has 3 nitrogen and oxygen atoms in total. The van der Waals surface area contributed by atoms with Crippen LogP contribution in [-0.4, -0.2) is 19.9 Å². The minimum absolute atomic E-state index is 0.00129. The molecule has 168 valence electrons. The van der Waals surface area contributed by atoms with Gasteiger partial charge in [-0.05, 0) is 58.7 Å². The molecule has 4 aromatic rings. The lowest BCUT2D eigenvalue weighted by molar-refractivity contribution is 0.103. The molecular weight excluding hydrogens is 463 g/mol. The minimum Gasteiger partial charge on any atom is -0.343 e. The summed E-state index contributed by atoms with van der Waals surface area (Å²) in [5.41, 5.74) is 9.69. The van der Waals surface area contributed by atoms with E-state index in [2.05, 4.69) is 34.1 Å². The van der Waals surface area contributed by atoms with Crippen molar-refractivity contribution in [3.8, 4) is 0 Å². The Labute approximate surface area is 209 Å². The summed E-state index contributed by atoms with van der Waals surface area (Å²) in [6.07, 6.45) is 1.33. The van der Waals surface area contributed by atoms with Crippen LogP contribution in [0.15, 0.2) is 72.8 Å². The van der Waals surface area contributed by atoms with Crippen LogP contribution in [0.25, 0.3) is 0 Å². The fourth-order valence-electron chi connectivity index (χ4n) is 5.47. The zero-order valence-corrected chi connectivity index (χ0v) is 20.4. The van der Waals surface area contributed by atoms with Crippen molar-refractivity contribution in [3.63, 3.8) is 0 Å². The van der Waals surface area contributed by atoms with Crippen molar-refractivity contribution in [3.05, 3.63) is 116 Å². The van der Waals surface area contributed by atoms with E-state index in [1.54, 1.807) is 0 Å². The molecule has 0 fully saturated rings. The van der Waals surface area contributed by atoms with E-state index < -0.39 is 0 Å². The molecule has 6 rings (SSSR count). The molecule has 0 aromatic heterocycles. The van der Waals surface area contributed by atoms with Crippen molar-refractivity contribution >= 4 is 51.7 Å². The second-order valence-corrected chi connectivity index (χ2v) is 9.72. The molecule has 34 heavy (non-hydrogen) atoms. The first-order valence-corrected chi connectivity index (χ1v) is 12.0. The molecule has 4 aromatic carbocycles. The maximum atomic E-state index is 14.1. The zero-order chi connectivity index (χ0) is 23.6. The fourth-order valence-corrected chi connectivity index (χ4v) is 6.07. The van der Waals surface area contributed by atoms with Crippen LogP contribution in [0.2, 0.25) is 10.0 Å². The van der Waals surface area contributed by atoms with E-state index in [0.717, 1.165) is 33.9 Å². The summed E-state index contributed by atoms with van der Waals surface area (Å²) < 4.78 is 0. The minimum atomic E-state index is 0.00129. The highest BCUT2D eigenvalue weighted by atomic mass is 35.5. The molecule has 0 atom stereocenters. The molecular formula is C29H22Cl2N2O. The van der Waals surface area contributed by atoms with Crippen molar-refractivity contribution in [1.29, 1.82) is 0 Å². The van der Waals surface area contributed by atoms with Gasteiger partial charge in [-0.1, -0.05) is 59.6 Å². The summed E-state index contributed by atoms with van der Waals surface area (Å²) in [7, 11) is 4.01. The van der Waals surface area contributed by atoms with Crippen LogP contribution in [0.1, 0.15) is 38.2 Å². The van der Waals surface area contributed by atoms with E-state index in [9.17, 15) is 4.79 Å². The van der Waals surface area contributed by atoms with Crippen LogP contribution in [0.3, 0.4) is 0 Å². The molecule has 0 bridgehead atoms. The molecule has 2 aliphatic heterocycles. The van der Waals surface area contributed by atoms with Crippen molar-refractivity contribution < 1.29 is 4.79 Å². The lowest BCUT2D eigenvalue weighted by Crippen LogP contribution is -2.23. The van der Waals surface area contributed by atoms with Crippen molar-refractivity contribution in [2.45, 2.75) is 12.8 Å². The van der Waals surface area contributed by atoms with E-state index >= 15 is 0 Å². The van der Waals surface area contributed by atoms with Crippen LogP contribution in [0, 0.1) is 0 Å². The van der Waals surface area contributed by atoms with Crippen LogP contribution in [-0.2, 0) is 12.8 Å². The smallest absolute Gasteiger partial charge is 0.193 e. The molecule has 0 radical (unpaired) electrons. The number of rotatable bonds is 2. The van der Waals surface area contributed by atoms with Gasteiger partial charge in [0.05, 0.1) is 21.4 Å². The summed E-state index contributed by atoms with van der Waals surface area (Å²) in [6.45, 7) is 0. The highest BCUT2D eigenvalue weighted by molar-refractivity contribution is 6.35. The number of ketones is 1. The largest absolute Gasteiger partial charge is 0.343 e. The van der Waals surface area contributed by atoms with Gasteiger partial charge >= 0.3 is 0 Å². The van der Waals surface area contributed by atoms with Crippen LogP contribution in [0.5, 0.6) is 0 Å². The number of carbonyl (C=O) groups excluding carboxylic acids is 1. The SMILES string of the molecule is CN1c2ccccc2Cc2c(C(=O)c3ccc(Cl)c4c3Cc3ccccc3N4C)ccc(Cl)c21. The van der Waals surface area contributed by atoms with Gasteiger partial charge in [0.15, 0.2) is 5.78 Å². The van der Waals surface area contributed by atoms with Gasteiger partial charge < -0.3 is 9.80 Å². The monoisotopic (exact) mass is 484 g/mol. The predicted octanol–water partition coefficient (Wildman–Crippen LogP) is 7.57. The van der Waals surface area contributed by atoms with E-state index in [1.807, 2.05) is 62.6 Å². The predicted molar refractivity (Wildman–Crippen MR) is 141 cm³/mol. The van der Waals surface area contributed by atoms with Gasteiger partial charge in [0, 0.05) is 49.4 Å². The first-order valence-electron chi connectivity index (χ1n) is 11.3. The quantitative estimate of drug-likeness (QED) is 0.274. The second-order valence-electron chi connectivity index (χ2n) is 8.90. The van der Waals surface area contributed by atoms with Gasteiger partial charge in [-0.2, -0.15) is 0 Å². The molecule has 0 N–H and O–H groups in total. The Kier molecular flexibility index (Phi) is 4.94. The van der Waals surface area contributed by atoms with Gasteiger partial charge in [0.2, 0.25) is 0 Å². The van der Waals surface area contributed by atoms with E-state index in [4.69, 9.17) is 23.2 Å². The first-order chi connectivity index (χ1) is 16.5. The third-order valence-electron chi connectivity index (χ3n) is 7.07. The Balaban J connectivity index is 1.51. The average molecular weight is 485 g/mol. The number of benzene rings is 4. The van der Waals surface area contributed by atoms with Gasteiger partial charge in [0.1, 0.15) is 0 Å². The maximum absolute atomic E-state index is 14.1. The van der Waals surface area contributed by atoms with Gasteiger partial charge in [0.25, 0.3) is 0 Å². The third kappa shape index (κ3) is 3.08. The van der Waals surface area contributed by atoms with Gasteiger partial charge in [-0.25, -0.2) is 0 Å². The van der Waals surface area contributed by atoms with Crippen molar-refractivity contribution in [1.82, 2.24) is 0 Å². The molecule has 0 spiro atoms. The maximum Gasteiger partial charge on any atom is 0.193 e. The Morgan fingerprint density at radius 2 is 1.06 bits per heavy atom. The number of halogens is 2. The molecule has 0 unspecified atom stereocenters. The summed E-state index contributed by atoms with van der Waals surface area (Å²) in [5, 5.41) is 1.30. The van der Waals surface area contributed by atoms with Crippen molar-refractivity contribution in [2.24, 2.45) is 0 Å². The van der Waals surface area contributed by atoms with Gasteiger partial charge in [-0.3, -0.25) is 4.79 Å². The number of hydrogen-bond acceptors (Lipinski definition) is 3. The number of nitrogens with zero attached hydrogens (tertiary/aromatic N) is 2. The highest BCUT2D eigenvalue weighted by Crippen LogP contribution is 2.46. The fraction of sp³-hybridized carbons (Fsp3) is 0.138. The van der Waals surface area contributed by atoms with E-state index in [-0.39, 0.29) is 5.78 Å². The van der Waals surface area contributed by atoms with Crippen LogP contribution >= 0.6 is 23.2 Å². The topological polar surface area (TPSA) is 23.6 Å². The van der Waals surface area contributed by atoms with Crippen LogP contribution < -0.4 is 9.80 Å². The second kappa shape index (κ2) is 7.90. The summed E-state index contributed by atoms with van der Waals surface area (Å²) in [5.74, 6) is 0.00129. The molecule has 5 heteroatoms. The molecule has 2 heterocycles. The number of hydrogen-bond donors (Lipinski definition) is 0. The number of para-hydroxylation sites is 2. The average Bonchev–Trinajstić information content (AvgIpc) is 2.84. The van der Waals surface area contributed by atoms with Gasteiger partial charge in [-0.15, -0.1) is 0 Å². The summed E-state index contributed by atoms with van der Waals surface area (Å²) in [6, 6.07) is 23.9. The normalized spacial score (nSPS) is 13.6. The zero-order valence-electron chi connectivity index (χ0n) is 18.9. The molecule has 2 aliphatic rings. The van der Waals surface area contributed by atoms with Crippen molar-refractivity contribution in [2.75, 3.05) is 23.9 Å².